The zero-order valence-corrected chi connectivity index (χ0v) is 13.1. The van der Waals surface area contributed by atoms with Gasteiger partial charge in [-0.2, -0.15) is 0 Å². The summed E-state index contributed by atoms with van der Waals surface area (Å²) in [6.07, 6.45) is -0.343. The Morgan fingerprint density at radius 2 is 1.13 bits per heavy atom. The van der Waals surface area contributed by atoms with E-state index >= 15 is 0 Å². The van der Waals surface area contributed by atoms with E-state index in [1.807, 2.05) is 0 Å². The quantitative estimate of drug-likeness (QED) is 0.372. The number of hydrogen-bond acceptors (Lipinski definition) is 7. The van der Waals surface area contributed by atoms with Crippen LogP contribution in [0.5, 0.6) is 0 Å². The van der Waals surface area contributed by atoms with E-state index in [0.29, 0.717) is 0 Å². The lowest BCUT2D eigenvalue weighted by atomic mass is 10.3. The van der Waals surface area contributed by atoms with Gasteiger partial charge >= 0.3 is 23.9 Å². The van der Waals surface area contributed by atoms with Gasteiger partial charge in [0.25, 0.3) is 0 Å². The molecule has 0 aliphatic heterocycles. The molecule has 0 aromatic rings. The minimum atomic E-state index is -1.20. The highest BCUT2D eigenvalue weighted by molar-refractivity contribution is 5.74. The molecule has 0 aromatic carbocycles. The number of ether oxygens (including phenoxy) is 1. The number of carbonyl (C=O) groups is 4. The molecule has 10 nitrogen and oxygen atoms in total. The fourth-order valence-corrected chi connectivity index (χ4v) is 1.77. The third-order valence-electron chi connectivity index (χ3n) is 2.53. The lowest BCUT2D eigenvalue weighted by Gasteiger charge is -2.24. The number of carbonyl (C=O) groups excluding carboxylic acids is 1. The highest BCUT2D eigenvalue weighted by atomic mass is 16.5. The van der Waals surface area contributed by atoms with E-state index in [1.165, 1.54) is 4.90 Å². The van der Waals surface area contributed by atoms with E-state index in [9.17, 15) is 19.2 Å². The van der Waals surface area contributed by atoms with Gasteiger partial charge in [0.15, 0.2) is 0 Å². The van der Waals surface area contributed by atoms with Crippen molar-refractivity contribution in [2.45, 2.75) is 20.0 Å². The standard InChI is InChI=1S/C13H22N2O8/c1-9(2)23-13(22)8-15(7-12(20)21)4-3-14(5-10(16)17)6-11(18)19/h9H,3-8H2,1-2H3,(H,16,17)(H,18,19)(H,20,21). The highest BCUT2D eigenvalue weighted by Crippen LogP contribution is 1.97. The lowest BCUT2D eigenvalue weighted by Crippen LogP contribution is -2.43. The molecule has 0 aromatic heterocycles. The number of nitrogens with zero attached hydrogens (tertiary/aromatic N) is 2. The molecule has 0 saturated heterocycles. The molecular weight excluding hydrogens is 312 g/mol. The van der Waals surface area contributed by atoms with E-state index in [-0.39, 0.29) is 25.7 Å². The summed E-state index contributed by atoms with van der Waals surface area (Å²) in [6.45, 7) is 1.59. The molecule has 0 spiro atoms. The predicted octanol–water partition coefficient (Wildman–Crippen LogP) is -1.20. The summed E-state index contributed by atoms with van der Waals surface area (Å²) in [5, 5.41) is 26.3. The van der Waals surface area contributed by atoms with Gasteiger partial charge in [0, 0.05) is 13.1 Å². The summed E-state index contributed by atoms with van der Waals surface area (Å²) in [6, 6.07) is 0. The first-order chi connectivity index (χ1) is 10.6. The fourth-order valence-electron chi connectivity index (χ4n) is 1.77. The third kappa shape index (κ3) is 12.1. The first kappa shape index (κ1) is 20.8. The first-order valence-corrected chi connectivity index (χ1v) is 6.89. The van der Waals surface area contributed by atoms with Crippen molar-refractivity contribution < 1.29 is 39.2 Å². The second kappa shape index (κ2) is 10.5. The Bertz CT molecular complexity index is 422. The number of rotatable bonds is 12. The van der Waals surface area contributed by atoms with E-state index in [4.69, 9.17) is 20.1 Å². The summed E-state index contributed by atoms with van der Waals surface area (Å²) >= 11 is 0. The Balaban J connectivity index is 4.65. The van der Waals surface area contributed by atoms with E-state index < -0.39 is 43.5 Å². The number of aliphatic carboxylic acids is 3. The molecule has 0 atom stereocenters. The molecule has 10 heteroatoms. The Kier molecular flexibility index (Phi) is 9.51. The highest BCUT2D eigenvalue weighted by Gasteiger charge is 2.19. The van der Waals surface area contributed by atoms with E-state index in [0.717, 1.165) is 4.90 Å². The Morgan fingerprint density at radius 3 is 1.43 bits per heavy atom. The van der Waals surface area contributed by atoms with E-state index in [2.05, 4.69) is 0 Å². The molecular formula is C13H22N2O8. The van der Waals surface area contributed by atoms with Gasteiger partial charge in [0.05, 0.1) is 32.3 Å². The maximum atomic E-state index is 11.6. The van der Waals surface area contributed by atoms with Crippen molar-refractivity contribution in [3.63, 3.8) is 0 Å². The van der Waals surface area contributed by atoms with Crippen molar-refractivity contribution in [2.24, 2.45) is 0 Å². The Morgan fingerprint density at radius 1 is 0.783 bits per heavy atom. The zero-order valence-electron chi connectivity index (χ0n) is 13.1. The van der Waals surface area contributed by atoms with Gasteiger partial charge in [-0.25, -0.2) is 0 Å². The molecule has 0 saturated carbocycles. The van der Waals surface area contributed by atoms with Crippen molar-refractivity contribution in [3.05, 3.63) is 0 Å². The van der Waals surface area contributed by atoms with E-state index in [1.54, 1.807) is 13.8 Å². The van der Waals surface area contributed by atoms with Crippen molar-refractivity contribution >= 4 is 23.9 Å². The van der Waals surface area contributed by atoms with Crippen LogP contribution in [0.25, 0.3) is 0 Å². The fraction of sp³-hybridized carbons (Fsp3) is 0.692. The van der Waals surface area contributed by atoms with Gasteiger partial charge in [0.2, 0.25) is 0 Å². The monoisotopic (exact) mass is 334 g/mol. The average Bonchev–Trinajstić information content (AvgIpc) is 2.32. The molecule has 0 unspecified atom stereocenters. The molecule has 0 amide bonds. The minimum absolute atomic E-state index is 0.0131. The molecule has 0 aliphatic rings. The maximum absolute atomic E-state index is 11.6. The molecule has 0 fully saturated rings. The Hall–Kier alpha value is -2.20. The molecule has 0 heterocycles. The summed E-state index contributed by atoms with van der Waals surface area (Å²) in [7, 11) is 0. The van der Waals surface area contributed by atoms with Gasteiger partial charge in [-0.15, -0.1) is 0 Å². The second-order valence-corrected chi connectivity index (χ2v) is 5.14. The zero-order chi connectivity index (χ0) is 18.0. The van der Waals surface area contributed by atoms with Crippen molar-refractivity contribution in [1.29, 1.82) is 0 Å². The van der Waals surface area contributed by atoms with Crippen LogP contribution in [0.3, 0.4) is 0 Å². The largest absolute Gasteiger partial charge is 0.480 e. The molecule has 3 N–H and O–H groups in total. The van der Waals surface area contributed by atoms with Crippen molar-refractivity contribution in [3.8, 4) is 0 Å². The van der Waals surface area contributed by atoms with Gasteiger partial charge in [0.1, 0.15) is 0 Å². The summed E-state index contributed by atoms with van der Waals surface area (Å²) in [5.74, 6) is -4.17. The van der Waals surface area contributed by atoms with Crippen LogP contribution in [0.4, 0.5) is 0 Å². The van der Waals surface area contributed by atoms with Crippen LogP contribution in [-0.4, -0.2) is 94.4 Å². The smallest absolute Gasteiger partial charge is 0.320 e. The van der Waals surface area contributed by atoms with Crippen LogP contribution >= 0.6 is 0 Å². The predicted molar refractivity (Wildman–Crippen MR) is 77.0 cm³/mol. The minimum Gasteiger partial charge on any atom is -0.480 e. The van der Waals surface area contributed by atoms with Gasteiger partial charge in [-0.1, -0.05) is 0 Å². The normalized spacial score (nSPS) is 11.0. The molecule has 0 bridgehead atoms. The number of carboxylic acids is 3. The molecule has 0 aliphatic carbocycles. The van der Waals surface area contributed by atoms with Crippen molar-refractivity contribution in [1.82, 2.24) is 9.80 Å². The Labute approximate surface area is 133 Å². The van der Waals surface area contributed by atoms with Crippen LogP contribution in [0.2, 0.25) is 0 Å². The van der Waals surface area contributed by atoms with Crippen LogP contribution in [0, 0.1) is 0 Å². The summed E-state index contributed by atoms with van der Waals surface area (Å²) in [4.78, 5) is 46.2. The van der Waals surface area contributed by atoms with Gasteiger partial charge in [-0.05, 0) is 13.8 Å². The average molecular weight is 334 g/mol. The molecule has 132 valence electrons. The first-order valence-electron chi connectivity index (χ1n) is 6.89. The molecule has 0 rings (SSSR count). The van der Waals surface area contributed by atoms with Crippen LogP contribution in [0.15, 0.2) is 0 Å². The number of carboxylic acid groups (broad SMARTS) is 3. The molecule has 0 radical (unpaired) electrons. The van der Waals surface area contributed by atoms with Gasteiger partial charge in [-0.3, -0.25) is 29.0 Å². The SMILES string of the molecule is CC(C)OC(=O)CN(CCN(CC(=O)O)CC(=O)O)CC(=O)O. The summed E-state index contributed by atoms with van der Waals surface area (Å²) < 4.78 is 4.92. The topological polar surface area (TPSA) is 145 Å². The second-order valence-electron chi connectivity index (χ2n) is 5.14. The van der Waals surface area contributed by atoms with Crippen LogP contribution < -0.4 is 0 Å². The van der Waals surface area contributed by atoms with Crippen LogP contribution in [-0.2, 0) is 23.9 Å². The lowest BCUT2D eigenvalue weighted by molar-refractivity contribution is -0.150. The number of esters is 1. The third-order valence-corrected chi connectivity index (χ3v) is 2.53. The van der Waals surface area contributed by atoms with Crippen molar-refractivity contribution in [2.75, 3.05) is 39.3 Å². The summed E-state index contributed by atoms with van der Waals surface area (Å²) in [5.41, 5.74) is 0. The van der Waals surface area contributed by atoms with Gasteiger partial charge < -0.3 is 20.1 Å². The number of hydrogen-bond donors (Lipinski definition) is 3. The maximum Gasteiger partial charge on any atom is 0.320 e. The van der Waals surface area contributed by atoms with Crippen LogP contribution in [0.1, 0.15) is 13.8 Å². The molecule has 23 heavy (non-hydrogen) atoms.